The van der Waals surface area contributed by atoms with E-state index in [0.29, 0.717) is 6.04 Å². The lowest BCUT2D eigenvalue weighted by molar-refractivity contribution is 0.0568. The second-order valence-electron chi connectivity index (χ2n) is 5.67. The average molecular weight is 248 g/mol. The zero-order valence-electron chi connectivity index (χ0n) is 11.3. The SMILES string of the molecule is CC1CCC(C)N(CC(O)c2ccc(N)cc2)C1. The predicted octanol–water partition coefficient (Wildman–Crippen LogP) is 2.42. The minimum atomic E-state index is -0.418. The first-order valence-corrected chi connectivity index (χ1v) is 6.84. The first-order valence-electron chi connectivity index (χ1n) is 6.84. The molecule has 1 aliphatic heterocycles. The molecular weight excluding hydrogens is 224 g/mol. The summed E-state index contributed by atoms with van der Waals surface area (Å²) in [5, 5.41) is 10.3. The van der Waals surface area contributed by atoms with Crippen molar-refractivity contribution in [2.75, 3.05) is 18.8 Å². The summed E-state index contributed by atoms with van der Waals surface area (Å²) in [6.45, 7) is 6.35. The Kier molecular flexibility index (Phi) is 4.25. The molecule has 2 rings (SSSR count). The van der Waals surface area contributed by atoms with Crippen LogP contribution in [-0.4, -0.2) is 29.1 Å². The van der Waals surface area contributed by atoms with E-state index >= 15 is 0 Å². The molecule has 100 valence electrons. The van der Waals surface area contributed by atoms with Crippen LogP contribution in [0.1, 0.15) is 38.4 Å². The maximum atomic E-state index is 10.3. The Labute approximate surface area is 110 Å². The van der Waals surface area contributed by atoms with Crippen LogP contribution in [0.3, 0.4) is 0 Å². The van der Waals surface area contributed by atoms with E-state index in [2.05, 4.69) is 18.7 Å². The van der Waals surface area contributed by atoms with E-state index in [1.165, 1.54) is 12.8 Å². The third-order valence-corrected chi connectivity index (χ3v) is 3.98. The Morgan fingerprint density at radius 1 is 1.28 bits per heavy atom. The fraction of sp³-hybridized carbons (Fsp3) is 0.600. The molecule has 0 saturated carbocycles. The number of benzene rings is 1. The minimum absolute atomic E-state index is 0.418. The Morgan fingerprint density at radius 2 is 1.94 bits per heavy atom. The zero-order chi connectivity index (χ0) is 13.1. The van der Waals surface area contributed by atoms with E-state index in [4.69, 9.17) is 5.73 Å². The van der Waals surface area contributed by atoms with E-state index < -0.39 is 6.10 Å². The van der Waals surface area contributed by atoms with E-state index in [1.807, 2.05) is 24.3 Å². The van der Waals surface area contributed by atoms with Crippen molar-refractivity contribution in [2.24, 2.45) is 5.92 Å². The van der Waals surface area contributed by atoms with Gasteiger partial charge in [0.05, 0.1) is 6.10 Å². The molecule has 1 fully saturated rings. The Morgan fingerprint density at radius 3 is 2.61 bits per heavy atom. The van der Waals surface area contributed by atoms with Crippen LogP contribution in [0.5, 0.6) is 0 Å². The zero-order valence-corrected chi connectivity index (χ0v) is 11.3. The molecule has 0 aromatic heterocycles. The molecule has 0 radical (unpaired) electrons. The molecule has 3 nitrogen and oxygen atoms in total. The predicted molar refractivity (Wildman–Crippen MR) is 75.2 cm³/mol. The maximum absolute atomic E-state index is 10.3. The summed E-state index contributed by atoms with van der Waals surface area (Å²) in [7, 11) is 0. The van der Waals surface area contributed by atoms with Crippen molar-refractivity contribution in [1.29, 1.82) is 0 Å². The number of β-amino-alcohol motifs (C(OH)–C–C–N with tert-alkyl or cyclic N) is 1. The highest BCUT2D eigenvalue weighted by Gasteiger charge is 2.24. The van der Waals surface area contributed by atoms with Crippen molar-refractivity contribution in [1.82, 2.24) is 4.90 Å². The van der Waals surface area contributed by atoms with Gasteiger partial charge in [0.2, 0.25) is 0 Å². The molecule has 1 saturated heterocycles. The lowest BCUT2D eigenvalue weighted by atomic mass is 9.94. The molecule has 3 unspecified atom stereocenters. The van der Waals surface area contributed by atoms with Gasteiger partial charge in [-0.15, -0.1) is 0 Å². The third kappa shape index (κ3) is 3.24. The monoisotopic (exact) mass is 248 g/mol. The van der Waals surface area contributed by atoms with Gasteiger partial charge in [0.15, 0.2) is 0 Å². The lowest BCUT2D eigenvalue weighted by Crippen LogP contribution is -2.43. The highest BCUT2D eigenvalue weighted by molar-refractivity contribution is 5.39. The van der Waals surface area contributed by atoms with Crippen molar-refractivity contribution in [2.45, 2.75) is 38.8 Å². The smallest absolute Gasteiger partial charge is 0.0917 e. The number of hydrogen-bond acceptors (Lipinski definition) is 3. The van der Waals surface area contributed by atoms with Crippen LogP contribution in [0.15, 0.2) is 24.3 Å². The summed E-state index contributed by atoms with van der Waals surface area (Å²) in [6, 6.07) is 8.10. The fourth-order valence-corrected chi connectivity index (χ4v) is 2.68. The number of aliphatic hydroxyl groups is 1. The van der Waals surface area contributed by atoms with Crippen molar-refractivity contribution in [3.63, 3.8) is 0 Å². The summed E-state index contributed by atoms with van der Waals surface area (Å²) in [5.41, 5.74) is 7.35. The molecule has 18 heavy (non-hydrogen) atoms. The molecule has 3 heteroatoms. The number of aliphatic hydroxyl groups excluding tert-OH is 1. The summed E-state index contributed by atoms with van der Waals surface area (Å²) < 4.78 is 0. The van der Waals surface area contributed by atoms with Crippen molar-refractivity contribution in [3.8, 4) is 0 Å². The van der Waals surface area contributed by atoms with E-state index in [-0.39, 0.29) is 0 Å². The molecule has 3 atom stereocenters. The van der Waals surface area contributed by atoms with E-state index in [0.717, 1.165) is 30.3 Å². The number of nitrogens with zero attached hydrogens (tertiary/aromatic N) is 1. The number of rotatable bonds is 3. The van der Waals surface area contributed by atoms with Gasteiger partial charge in [0, 0.05) is 24.8 Å². The Bertz CT molecular complexity index is 377. The molecule has 1 aromatic rings. The quantitative estimate of drug-likeness (QED) is 0.808. The first kappa shape index (κ1) is 13.4. The number of nitrogens with two attached hydrogens (primary N) is 1. The second-order valence-corrected chi connectivity index (χ2v) is 5.67. The lowest BCUT2D eigenvalue weighted by Gasteiger charge is -2.37. The number of likely N-dealkylation sites (tertiary alicyclic amines) is 1. The van der Waals surface area contributed by atoms with Crippen LogP contribution in [0.25, 0.3) is 0 Å². The standard InChI is InChI=1S/C15H24N2O/c1-11-3-4-12(2)17(9-11)10-15(18)13-5-7-14(16)8-6-13/h5-8,11-12,15,18H,3-4,9-10,16H2,1-2H3. The van der Waals surface area contributed by atoms with Crippen LogP contribution in [0.2, 0.25) is 0 Å². The number of anilines is 1. The number of hydrogen-bond donors (Lipinski definition) is 2. The highest BCUT2D eigenvalue weighted by Crippen LogP contribution is 2.24. The van der Waals surface area contributed by atoms with Gasteiger partial charge in [-0.25, -0.2) is 0 Å². The van der Waals surface area contributed by atoms with Crippen molar-refractivity contribution in [3.05, 3.63) is 29.8 Å². The molecule has 3 N–H and O–H groups in total. The van der Waals surface area contributed by atoms with Gasteiger partial charge in [-0.2, -0.15) is 0 Å². The van der Waals surface area contributed by atoms with Gasteiger partial charge < -0.3 is 10.8 Å². The molecule has 0 bridgehead atoms. The van der Waals surface area contributed by atoms with E-state index in [9.17, 15) is 5.11 Å². The number of piperidine rings is 1. The molecule has 1 aromatic carbocycles. The Hall–Kier alpha value is -1.06. The molecule has 1 aliphatic rings. The average Bonchev–Trinajstić information content (AvgIpc) is 2.34. The topological polar surface area (TPSA) is 49.5 Å². The number of nitrogen functional groups attached to an aromatic ring is 1. The Balaban J connectivity index is 1.97. The van der Waals surface area contributed by atoms with Crippen LogP contribution in [-0.2, 0) is 0 Å². The molecular formula is C15H24N2O. The van der Waals surface area contributed by atoms with Crippen LogP contribution in [0, 0.1) is 5.92 Å². The summed E-state index contributed by atoms with van der Waals surface area (Å²) in [6.07, 6.45) is 2.11. The molecule has 0 amide bonds. The normalized spacial score (nSPS) is 27.1. The van der Waals surface area contributed by atoms with Gasteiger partial charge in [0.1, 0.15) is 0 Å². The largest absolute Gasteiger partial charge is 0.399 e. The summed E-state index contributed by atoms with van der Waals surface area (Å²) in [5.74, 6) is 0.736. The van der Waals surface area contributed by atoms with Gasteiger partial charge in [-0.1, -0.05) is 19.1 Å². The van der Waals surface area contributed by atoms with Gasteiger partial charge in [-0.3, -0.25) is 4.90 Å². The minimum Gasteiger partial charge on any atom is -0.399 e. The fourth-order valence-electron chi connectivity index (χ4n) is 2.68. The molecule has 1 heterocycles. The molecule has 0 aliphatic carbocycles. The van der Waals surface area contributed by atoms with Crippen LogP contribution < -0.4 is 5.73 Å². The summed E-state index contributed by atoms with van der Waals surface area (Å²) >= 11 is 0. The van der Waals surface area contributed by atoms with Gasteiger partial charge in [0.25, 0.3) is 0 Å². The van der Waals surface area contributed by atoms with Crippen LogP contribution >= 0.6 is 0 Å². The highest BCUT2D eigenvalue weighted by atomic mass is 16.3. The van der Waals surface area contributed by atoms with Crippen LogP contribution in [0.4, 0.5) is 5.69 Å². The van der Waals surface area contributed by atoms with E-state index in [1.54, 1.807) is 0 Å². The first-order chi connectivity index (χ1) is 8.56. The maximum Gasteiger partial charge on any atom is 0.0917 e. The molecule has 0 spiro atoms. The second kappa shape index (κ2) is 5.72. The van der Waals surface area contributed by atoms with Gasteiger partial charge in [-0.05, 0) is 43.4 Å². The third-order valence-electron chi connectivity index (χ3n) is 3.98. The van der Waals surface area contributed by atoms with Crippen molar-refractivity contribution < 1.29 is 5.11 Å². The van der Waals surface area contributed by atoms with Crippen molar-refractivity contribution >= 4 is 5.69 Å². The summed E-state index contributed by atoms with van der Waals surface area (Å²) in [4.78, 5) is 2.40. The van der Waals surface area contributed by atoms with Gasteiger partial charge >= 0.3 is 0 Å².